The fourth-order valence-corrected chi connectivity index (χ4v) is 0.258. The van der Waals surface area contributed by atoms with Gasteiger partial charge in [0, 0.05) is 0 Å². The van der Waals surface area contributed by atoms with Crippen molar-refractivity contribution in [3.63, 3.8) is 0 Å². The summed E-state index contributed by atoms with van der Waals surface area (Å²) in [5, 5.41) is 2.62. The van der Waals surface area contributed by atoms with Gasteiger partial charge in [0.25, 0.3) is 0 Å². The molecule has 3 nitrogen and oxygen atoms in total. The first-order chi connectivity index (χ1) is 3.77. The molecule has 0 spiro atoms. The van der Waals surface area contributed by atoms with E-state index in [2.05, 4.69) is 11.2 Å². The third-order valence-electron chi connectivity index (χ3n) is 0.526. The van der Waals surface area contributed by atoms with Crippen LogP contribution in [0.25, 0.3) is 0 Å². The Kier molecular flexibility index (Phi) is 3.63. The van der Waals surface area contributed by atoms with Crippen LogP contribution < -0.4 is 11.1 Å². The van der Waals surface area contributed by atoms with Crippen LogP contribution in [-0.2, 0) is 4.79 Å². The molecule has 0 aromatic carbocycles. The van der Waals surface area contributed by atoms with Gasteiger partial charge in [-0.25, -0.2) is 0 Å². The molecule has 0 rings (SSSR count). The molecule has 0 atom stereocenters. The van der Waals surface area contributed by atoms with E-state index < -0.39 is 0 Å². The minimum Gasteiger partial charge on any atom is -0.369 e. The van der Waals surface area contributed by atoms with Crippen LogP contribution in [0.1, 0.15) is 0 Å². The van der Waals surface area contributed by atoms with Gasteiger partial charge in [0.05, 0.1) is 13.1 Å². The van der Waals surface area contributed by atoms with Crippen LogP contribution in [0.15, 0.2) is 0 Å². The summed E-state index contributed by atoms with van der Waals surface area (Å²) in [5.74, 6) is 1.92. The summed E-state index contributed by atoms with van der Waals surface area (Å²) in [4.78, 5) is 9.97. The summed E-state index contributed by atoms with van der Waals surface area (Å²) in [7, 11) is 0. The topological polar surface area (TPSA) is 55.1 Å². The molecule has 0 saturated carbocycles. The minimum atomic E-state index is -0.389. The summed E-state index contributed by atoms with van der Waals surface area (Å²) >= 11 is 0. The molecule has 0 bridgehead atoms. The number of rotatable bonds is 3. The molecular weight excluding hydrogens is 104 g/mol. The van der Waals surface area contributed by atoms with Gasteiger partial charge in [0.1, 0.15) is 0 Å². The van der Waals surface area contributed by atoms with Crippen molar-refractivity contribution in [2.45, 2.75) is 0 Å². The van der Waals surface area contributed by atoms with Gasteiger partial charge in [-0.3, -0.25) is 10.1 Å². The standard InChI is InChI=1S/C5H8N2O/c1-2-3-7-4-5(6)8/h1,7H,3-4H2,(H2,6,8). The average molecular weight is 112 g/mol. The highest BCUT2D eigenvalue weighted by Gasteiger charge is 1.87. The van der Waals surface area contributed by atoms with Crippen molar-refractivity contribution in [2.24, 2.45) is 5.73 Å². The maximum Gasteiger partial charge on any atom is 0.231 e. The Labute approximate surface area is 48.2 Å². The SMILES string of the molecule is C#CCNCC(N)=O. The summed E-state index contributed by atoms with van der Waals surface area (Å²) in [6.07, 6.45) is 4.85. The lowest BCUT2D eigenvalue weighted by Crippen LogP contribution is -2.28. The zero-order valence-electron chi connectivity index (χ0n) is 4.48. The molecule has 0 aromatic heterocycles. The van der Waals surface area contributed by atoms with Crippen molar-refractivity contribution in [3.8, 4) is 12.3 Å². The van der Waals surface area contributed by atoms with E-state index in [1.807, 2.05) is 0 Å². The van der Waals surface area contributed by atoms with Crippen LogP contribution in [0.2, 0.25) is 0 Å². The van der Waals surface area contributed by atoms with Crippen molar-refractivity contribution in [3.05, 3.63) is 0 Å². The second-order valence-electron chi connectivity index (χ2n) is 1.27. The van der Waals surface area contributed by atoms with Crippen LogP contribution >= 0.6 is 0 Å². The molecule has 3 heteroatoms. The van der Waals surface area contributed by atoms with Gasteiger partial charge in [-0.05, 0) is 0 Å². The highest BCUT2D eigenvalue weighted by atomic mass is 16.1. The number of amides is 1. The monoisotopic (exact) mass is 112 g/mol. The van der Waals surface area contributed by atoms with Crippen molar-refractivity contribution in [1.29, 1.82) is 0 Å². The molecule has 3 N–H and O–H groups in total. The quantitative estimate of drug-likeness (QED) is 0.352. The van der Waals surface area contributed by atoms with E-state index in [-0.39, 0.29) is 12.5 Å². The number of hydrogen-bond donors (Lipinski definition) is 2. The van der Waals surface area contributed by atoms with Gasteiger partial charge in [-0.1, -0.05) is 5.92 Å². The van der Waals surface area contributed by atoms with E-state index in [0.717, 1.165) is 0 Å². The normalized spacial score (nSPS) is 7.88. The maximum atomic E-state index is 9.97. The molecule has 0 fully saturated rings. The highest BCUT2D eigenvalue weighted by Crippen LogP contribution is 1.53. The lowest BCUT2D eigenvalue weighted by molar-refractivity contribution is -0.117. The Balaban J connectivity index is 2.97. The lowest BCUT2D eigenvalue weighted by atomic mass is 10.6. The number of carbonyl (C=O) groups excluding carboxylic acids is 1. The van der Waals surface area contributed by atoms with E-state index in [1.165, 1.54) is 0 Å². The van der Waals surface area contributed by atoms with Crippen molar-refractivity contribution < 1.29 is 4.79 Å². The first-order valence-electron chi connectivity index (χ1n) is 2.20. The molecule has 0 saturated heterocycles. The molecule has 0 heterocycles. The zero-order chi connectivity index (χ0) is 6.41. The largest absolute Gasteiger partial charge is 0.369 e. The van der Waals surface area contributed by atoms with Crippen molar-refractivity contribution >= 4 is 5.91 Å². The Hall–Kier alpha value is -1.01. The molecule has 44 valence electrons. The molecular formula is C5H8N2O. The Morgan fingerprint density at radius 3 is 2.88 bits per heavy atom. The molecule has 0 radical (unpaired) electrons. The molecule has 0 aromatic rings. The number of primary amides is 1. The number of nitrogens with two attached hydrogens (primary N) is 1. The van der Waals surface area contributed by atoms with Crippen LogP contribution in [0, 0.1) is 12.3 Å². The van der Waals surface area contributed by atoms with Gasteiger partial charge in [-0.2, -0.15) is 0 Å². The van der Waals surface area contributed by atoms with Crippen LogP contribution in [0.4, 0.5) is 0 Å². The average Bonchev–Trinajstić information content (AvgIpc) is 1.66. The molecule has 0 aliphatic rings. The van der Waals surface area contributed by atoms with Gasteiger partial charge >= 0.3 is 0 Å². The molecule has 1 amide bonds. The molecule has 8 heavy (non-hydrogen) atoms. The fraction of sp³-hybridized carbons (Fsp3) is 0.400. The number of hydrogen-bond acceptors (Lipinski definition) is 2. The second kappa shape index (κ2) is 4.16. The predicted octanol–water partition coefficient (Wildman–Crippen LogP) is -1.31. The first-order valence-corrected chi connectivity index (χ1v) is 2.20. The summed E-state index contributed by atoms with van der Waals surface area (Å²) in [6.45, 7) is 0.549. The van der Waals surface area contributed by atoms with Gasteiger partial charge in [0.15, 0.2) is 0 Å². The molecule has 0 aliphatic heterocycles. The lowest BCUT2D eigenvalue weighted by Gasteiger charge is -1.91. The van der Waals surface area contributed by atoms with Crippen LogP contribution in [0.5, 0.6) is 0 Å². The predicted molar refractivity (Wildman–Crippen MR) is 30.9 cm³/mol. The van der Waals surface area contributed by atoms with Crippen LogP contribution in [0.3, 0.4) is 0 Å². The maximum absolute atomic E-state index is 9.97. The van der Waals surface area contributed by atoms with Gasteiger partial charge in [-0.15, -0.1) is 6.42 Å². The van der Waals surface area contributed by atoms with E-state index in [9.17, 15) is 4.79 Å². The highest BCUT2D eigenvalue weighted by molar-refractivity contribution is 5.75. The summed E-state index contributed by atoms with van der Waals surface area (Å²) in [6, 6.07) is 0. The summed E-state index contributed by atoms with van der Waals surface area (Å²) < 4.78 is 0. The second-order valence-corrected chi connectivity index (χ2v) is 1.27. The van der Waals surface area contributed by atoms with Crippen LogP contribution in [-0.4, -0.2) is 19.0 Å². The Morgan fingerprint density at radius 2 is 2.50 bits per heavy atom. The van der Waals surface area contributed by atoms with Gasteiger partial charge < -0.3 is 5.73 Å². The molecule has 0 unspecified atom stereocenters. The van der Waals surface area contributed by atoms with Crippen molar-refractivity contribution in [2.75, 3.05) is 13.1 Å². The third-order valence-corrected chi connectivity index (χ3v) is 0.526. The minimum absolute atomic E-state index is 0.157. The van der Waals surface area contributed by atoms with E-state index in [4.69, 9.17) is 12.2 Å². The smallest absolute Gasteiger partial charge is 0.231 e. The first kappa shape index (κ1) is 6.99. The summed E-state index contributed by atoms with van der Waals surface area (Å²) in [5.41, 5.74) is 4.76. The fourth-order valence-electron chi connectivity index (χ4n) is 0.258. The van der Waals surface area contributed by atoms with Gasteiger partial charge in [0.2, 0.25) is 5.91 Å². The number of carbonyl (C=O) groups is 1. The van der Waals surface area contributed by atoms with E-state index in [1.54, 1.807) is 0 Å². The van der Waals surface area contributed by atoms with E-state index >= 15 is 0 Å². The number of nitrogens with one attached hydrogen (secondary N) is 1. The van der Waals surface area contributed by atoms with Crippen molar-refractivity contribution in [1.82, 2.24) is 5.32 Å². The Morgan fingerprint density at radius 1 is 1.88 bits per heavy atom. The number of terminal acetylenes is 1. The zero-order valence-corrected chi connectivity index (χ0v) is 4.48. The third kappa shape index (κ3) is 4.99. The van der Waals surface area contributed by atoms with E-state index in [0.29, 0.717) is 6.54 Å². The Bertz CT molecular complexity index is 114. The molecule has 0 aliphatic carbocycles.